The number of halogens is 1. The maximum Gasteiger partial charge on any atom is 0.317 e. The second-order valence-corrected chi connectivity index (χ2v) is 0.654. The standard InChI is InChI=1S/C2H6N3.ClH/c3-1-2-5-4;/h1-3H2;1H/q+1;/p-1. The van der Waals surface area contributed by atoms with E-state index in [2.05, 4.69) is 4.98 Å². The Morgan fingerprint density at radius 1 is 1.67 bits per heavy atom. The van der Waals surface area contributed by atoms with E-state index in [1.165, 1.54) is 0 Å². The topological polar surface area (TPSA) is 54.2 Å². The van der Waals surface area contributed by atoms with Gasteiger partial charge in [0.05, 0.1) is 6.54 Å². The first-order valence-electron chi connectivity index (χ1n) is 1.42. The minimum Gasteiger partial charge on any atom is -1.00 e. The number of diazo groups is 1. The number of nitrogens with zero attached hydrogens (tertiary/aromatic N) is 2. The fourth-order valence-electron chi connectivity index (χ4n) is 0.0577. The van der Waals surface area contributed by atoms with Crippen molar-refractivity contribution in [2.45, 2.75) is 0 Å². The predicted molar refractivity (Wildman–Crippen MR) is 19.0 cm³/mol. The molecule has 0 spiro atoms. The Balaban J connectivity index is 0. The molecule has 0 atom stereocenters. The molecule has 0 unspecified atom stereocenters. The van der Waals surface area contributed by atoms with Crippen molar-refractivity contribution in [1.82, 2.24) is 0 Å². The zero-order valence-corrected chi connectivity index (χ0v) is 4.02. The quantitative estimate of drug-likeness (QED) is 0.359. The second-order valence-electron chi connectivity index (χ2n) is 0.654. The van der Waals surface area contributed by atoms with Gasteiger partial charge in [-0.2, -0.15) is 0 Å². The summed E-state index contributed by atoms with van der Waals surface area (Å²) in [5.41, 5.74) is 4.89. The lowest BCUT2D eigenvalue weighted by atomic mass is 10.7. The summed E-state index contributed by atoms with van der Waals surface area (Å²) in [6.45, 7) is 0.774. The van der Waals surface area contributed by atoms with Gasteiger partial charge in [-0.1, -0.05) is 0 Å². The van der Waals surface area contributed by atoms with E-state index < -0.39 is 0 Å². The van der Waals surface area contributed by atoms with Crippen LogP contribution in [0, 0.1) is 5.39 Å². The number of rotatable bonds is 1. The highest BCUT2D eigenvalue weighted by molar-refractivity contribution is 4.50. The molecule has 6 heavy (non-hydrogen) atoms. The first-order valence-corrected chi connectivity index (χ1v) is 1.42. The van der Waals surface area contributed by atoms with Crippen LogP contribution in [0.2, 0.25) is 0 Å². The van der Waals surface area contributed by atoms with Gasteiger partial charge in [-0.15, -0.1) is 0 Å². The molecular weight excluding hydrogens is 101 g/mol. The van der Waals surface area contributed by atoms with Crippen LogP contribution in [0.5, 0.6) is 0 Å². The van der Waals surface area contributed by atoms with Crippen LogP contribution >= 0.6 is 0 Å². The molecule has 0 aromatic rings. The van der Waals surface area contributed by atoms with Crippen molar-refractivity contribution in [3.8, 4) is 0 Å². The van der Waals surface area contributed by atoms with Gasteiger partial charge in [-0.25, -0.2) is 0 Å². The van der Waals surface area contributed by atoms with Crippen molar-refractivity contribution >= 4 is 0 Å². The average molecular weight is 108 g/mol. The van der Waals surface area contributed by atoms with Crippen molar-refractivity contribution in [3.63, 3.8) is 0 Å². The van der Waals surface area contributed by atoms with Gasteiger partial charge in [0.25, 0.3) is 0 Å². The highest BCUT2D eigenvalue weighted by Gasteiger charge is 1.80. The van der Waals surface area contributed by atoms with Crippen LogP contribution in [-0.2, 0) is 0 Å². The monoisotopic (exact) mass is 107 g/mol. The molecule has 0 amide bonds. The van der Waals surface area contributed by atoms with Gasteiger partial charge in [0.15, 0.2) is 0 Å². The highest BCUT2D eigenvalue weighted by Crippen LogP contribution is 1.53. The summed E-state index contributed by atoms with van der Waals surface area (Å²) in [6.07, 6.45) is 0. The normalized spacial score (nSPS) is 5.33. The van der Waals surface area contributed by atoms with Crippen molar-refractivity contribution in [1.29, 1.82) is 5.39 Å². The van der Waals surface area contributed by atoms with Gasteiger partial charge >= 0.3 is 6.54 Å². The van der Waals surface area contributed by atoms with E-state index in [0.717, 1.165) is 0 Å². The molecule has 0 radical (unpaired) electrons. The lowest BCUT2D eigenvalue weighted by Crippen LogP contribution is -3.00. The molecule has 0 aromatic carbocycles. The van der Waals surface area contributed by atoms with Crippen LogP contribution in [0.25, 0.3) is 4.98 Å². The summed E-state index contributed by atoms with van der Waals surface area (Å²) in [6, 6.07) is 0. The van der Waals surface area contributed by atoms with E-state index in [1.54, 1.807) is 0 Å². The van der Waals surface area contributed by atoms with E-state index in [4.69, 9.17) is 11.1 Å². The lowest BCUT2D eigenvalue weighted by Gasteiger charge is -1.56. The van der Waals surface area contributed by atoms with E-state index >= 15 is 0 Å². The third-order valence-electron chi connectivity index (χ3n) is 0.229. The van der Waals surface area contributed by atoms with E-state index in [-0.39, 0.29) is 12.4 Å². The van der Waals surface area contributed by atoms with E-state index in [1.807, 2.05) is 0 Å². The Morgan fingerprint density at radius 2 is 2.17 bits per heavy atom. The minimum atomic E-state index is 0. The molecule has 2 N–H and O–H groups in total. The summed E-state index contributed by atoms with van der Waals surface area (Å²) in [5, 5.41) is 7.61. The minimum absolute atomic E-state index is 0. The van der Waals surface area contributed by atoms with Crippen molar-refractivity contribution < 1.29 is 12.4 Å². The van der Waals surface area contributed by atoms with Crippen LogP contribution in [0.3, 0.4) is 0 Å². The number of hydrogen-bond donors (Lipinski definition) is 1. The van der Waals surface area contributed by atoms with Gasteiger partial charge in [-0.3, -0.25) is 0 Å². The summed E-state index contributed by atoms with van der Waals surface area (Å²) < 4.78 is 0. The zero-order chi connectivity index (χ0) is 4.12. The van der Waals surface area contributed by atoms with E-state index in [0.29, 0.717) is 13.1 Å². The van der Waals surface area contributed by atoms with Gasteiger partial charge in [0.1, 0.15) is 4.98 Å². The third kappa shape index (κ3) is 9.38. The molecule has 0 saturated heterocycles. The SMILES string of the molecule is N#[N+]CCN.[Cl-]. The predicted octanol–water partition coefficient (Wildman–Crippen LogP) is -3.20. The molecule has 0 rings (SSSR count). The molecule has 3 nitrogen and oxygen atoms in total. The summed E-state index contributed by atoms with van der Waals surface area (Å²) in [4.78, 5) is 2.73. The van der Waals surface area contributed by atoms with Gasteiger partial charge in [-0.05, 0) is 0 Å². The smallest absolute Gasteiger partial charge is 0.317 e. The fourth-order valence-corrected chi connectivity index (χ4v) is 0.0577. The molecule has 0 aliphatic heterocycles. The van der Waals surface area contributed by atoms with Gasteiger partial charge in [0.2, 0.25) is 5.39 Å². The fraction of sp³-hybridized carbons (Fsp3) is 1.00. The maximum absolute atomic E-state index is 7.61. The van der Waals surface area contributed by atoms with Crippen molar-refractivity contribution in [2.75, 3.05) is 13.1 Å². The van der Waals surface area contributed by atoms with Crippen LogP contribution in [-0.4, -0.2) is 13.1 Å². The summed E-state index contributed by atoms with van der Waals surface area (Å²) in [5.74, 6) is 0. The largest absolute Gasteiger partial charge is 1.00 e. The Labute approximate surface area is 42.6 Å². The average Bonchev–Trinajstić information content (AvgIpc) is 1.41. The molecule has 0 aromatic heterocycles. The third-order valence-corrected chi connectivity index (χ3v) is 0.229. The molecule has 0 aliphatic carbocycles. The van der Waals surface area contributed by atoms with Gasteiger partial charge in [0, 0.05) is 0 Å². The molecule has 0 aliphatic rings. The summed E-state index contributed by atoms with van der Waals surface area (Å²) >= 11 is 0. The Hall–Kier alpha value is -0.330. The first kappa shape index (κ1) is 9.18. The molecule has 36 valence electrons. The summed E-state index contributed by atoms with van der Waals surface area (Å²) in [7, 11) is 0. The van der Waals surface area contributed by atoms with Crippen LogP contribution in [0.1, 0.15) is 0 Å². The van der Waals surface area contributed by atoms with Gasteiger partial charge < -0.3 is 18.1 Å². The zero-order valence-electron chi connectivity index (χ0n) is 3.26. The van der Waals surface area contributed by atoms with Crippen LogP contribution in [0.4, 0.5) is 0 Å². The Kier molecular flexibility index (Phi) is 13.5. The molecule has 0 bridgehead atoms. The second kappa shape index (κ2) is 8.82. The van der Waals surface area contributed by atoms with Crippen LogP contribution < -0.4 is 18.1 Å². The maximum atomic E-state index is 7.61. The highest BCUT2D eigenvalue weighted by atomic mass is 35.5. The number of nitrogens with two attached hydrogens (primary N) is 1. The number of hydrogen-bond acceptors (Lipinski definition) is 2. The van der Waals surface area contributed by atoms with Crippen molar-refractivity contribution in [3.05, 3.63) is 4.98 Å². The lowest BCUT2D eigenvalue weighted by molar-refractivity contribution is -0.00000145. The van der Waals surface area contributed by atoms with Crippen molar-refractivity contribution in [2.24, 2.45) is 5.73 Å². The molecule has 0 saturated carbocycles. The first-order chi connectivity index (χ1) is 2.41. The Morgan fingerprint density at radius 3 is 2.17 bits per heavy atom. The van der Waals surface area contributed by atoms with E-state index in [9.17, 15) is 0 Å². The van der Waals surface area contributed by atoms with Crippen LogP contribution in [0.15, 0.2) is 0 Å². The molecule has 0 fully saturated rings. The molecule has 4 heteroatoms. The molecule has 0 heterocycles. The molecular formula is C2H6ClN3. The Bertz CT molecular complexity index is 47.2.